The number of aromatic nitrogens is 1. The summed E-state index contributed by atoms with van der Waals surface area (Å²) in [5, 5.41) is 8.52. The Bertz CT molecular complexity index is 271. The van der Waals surface area contributed by atoms with Crippen LogP contribution in [0.25, 0.3) is 0 Å². The third kappa shape index (κ3) is 1.61. The molecule has 0 radical (unpaired) electrons. The van der Waals surface area contributed by atoms with Crippen molar-refractivity contribution >= 4 is 21.9 Å². The van der Waals surface area contributed by atoms with E-state index >= 15 is 0 Å². The first kappa shape index (κ1) is 8.29. The number of aliphatic carboxylic acids is 1. The van der Waals surface area contributed by atoms with Gasteiger partial charge in [0, 0.05) is 11.8 Å². The van der Waals surface area contributed by atoms with Crippen molar-refractivity contribution in [3.8, 4) is 0 Å². The Morgan fingerprint density at radius 3 is 2.82 bits per heavy atom. The predicted molar refractivity (Wildman–Crippen MR) is 43.1 cm³/mol. The number of aromatic amines is 1. The number of halogens is 1. The summed E-state index contributed by atoms with van der Waals surface area (Å²) in [6.45, 7) is 0. The second kappa shape index (κ2) is 3.06. The standard InChI is InChI=1S/C6H7BrN2O2/c7-5-3(1-2-9-5)4(8)6(10)11/h1-2,4,9H,8H2,(H,10,11). The highest BCUT2D eigenvalue weighted by atomic mass is 79.9. The van der Waals surface area contributed by atoms with Gasteiger partial charge in [-0.2, -0.15) is 0 Å². The van der Waals surface area contributed by atoms with E-state index in [1.807, 2.05) is 0 Å². The molecule has 0 amide bonds. The van der Waals surface area contributed by atoms with Crippen LogP contribution in [0.5, 0.6) is 0 Å². The smallest absolute Gasteiger partial charge is 0.325 e. The van der Waals surface area contributed by atoms with Crippen molar-refractivity contribution in [1.82, 2.24) is 4.98 Å². The van der Waals surface area contributed by atoms with Crippen molar-refractivity contribution in [2.45, 2.75) is 6.04 Å². The van der Waals surface area contributed by atoms with E-state index in [-0.39, 0.29) is 0 Å². The molecule has 1 heterocycles. The van der Waals surface area contributed by atoms with Gasteiger partial charge in [-0.25, -0.2) is 0 Å². The van der Waals surface area contributed by atoms with Crippen LogP contribution in [0.4, 0.5) is 0 Å². The lowest BCUT2D eigenvalue weighted by atomic mass is 10.2. The van der Waals surface area contributed by atoms with Gasteiger partial charge in [0.2, 0.25) is 0 Å². The minimum Gasteiger partial charge on any atom is -0.480 e. The summed E-state index contributed by atoms with van der Waals surface area (Å²) < 4.78 is 0.618. The molecule has 5 heteroatoms. The van der Waals surface area contributed by atoms with E-state index in [9.17, 15) is 4.79 Å². The molecule has 0 fully saturated rings. The van der Waals surface area contributed by atoms with E-state index in [4.69, 9.17) is 10.8 Å². The van der Waals surface area contributed by atoms with Crippen molar-refractivity contribution < 1.29 is 9.90 Å². The van der Waals surface area contributed by atoms with Crippen LogP contribution in [-0.2, 0) is 4.79 Å². The Hall–Kier alpha value is -0.810. The van der Waals surface area contributed by atoms with E-state index in [0.29, 0.717) is 10.2 Å². The summed E-state index contributed by atoms with van der Waals surface area (Å²) in [5.74, 6) is -1.04. The maximum atomic E-state index is 10.4. The zero-order chi connectivity index (χ0) is 8.43. The first-order valence-electron chi connectivity index (χ1n) is 2.94. The summed E-state index contributed by atoms with van der Waals surface area (Å²) >= 11 is 3.14. The number of nitrogens with one attached hydrogen (secondary N) is 1. The number of carboxylic acids is 1. The molecule has 0 aliphatic rings. The average molecular weight is 219 g/mol. The molecule has 4 nitrogen and oxygen atoms in total. The van der Waals surface area contributed by atoms with Gasteiger partial charge in [0.05, 0.1) is 4.60 Å². The SMILES string of the molecule is NC(C(=O)O)c1cc[nH]c1Br. The van der Waals surface area contributed by atoms with Gasteiger partial charge < -0.3 is 15.8 Å². The largest absolute Gasteiger partial charge is 0.480 e. The maximum Gasteiger partial charge on any atom is 0.325 e. The Labute approximate surface area is 71.5 Å². The van der Waals surface area contributed by atoms with E-state index in [2.05, 4.69) is 20.9 Å². The number of H-pyrrole nitrogens is 1. The Morgan fingerprint density at radius 2 is 2.45 bits per heavy atom. The zero-order valence-corrected chi connectivity index (χ0v) is 7.13. The molecule has 0 spiro atoms. The number of carboxylic acid groups (broad SMARTS) is 1. The van der Waals surface area contributed by atoms with E-state index in [1.54, 1.807) is 12.3 Å². The highest BCUT2D eigenvalue weighted by Crippen LogP contribution is 2.19. The molecule has 1 rings (SSSR count). The summed E-state index contributed by atoms with van der Waals surface area (Å²) in [6.07, 6.45) is 1.63. The van der Waals surface area contributed by atoms with Crippen molar-refractivity contribution in [2.75, 3.05) is 0 Å². The highest BCUT2D eigenvalue weighted by Gasteiger charge is 2.17. The molecule has 1 unspecified atom stereocenters. The highest BCUT2D eigenvalue weighted by molar-refractivity contribution is 9.10. The van der Waals surface area contributed by atoms with Crippen LogP contribution in [0.1, 0.15) is 11.6 Å². The first-order valence-corrected chi connectivity index (χ1v) is 3.73. The van der Waals surface area contributed by atoms with Crippen LogP contribution in [0.3, 0.4) is 0 Å². The second-order valence-electron chi connectivity index (χ2n) is 2.06. The number of rotatable bonds is 2. The van der Waals surface area contributed by atoms with Gasteiger partial charge in [0.25, 0.3) is 0 Å². The van der Waals surface area contributed by atoms with Crippen LogP contribution in [0, 0.1) is 0 Å². The molecule has 0 bridgehead atoms. The predicted octanol–water partition coefficient (Wildman–Crippen LogP) is 0.862. The quantitative estimate of drug-likeness (QED) is 0.690. The van der Waals surface area contributed by atoms with E-state index in [0.717, 1.165) is 0 Å². The molecule has 11 heavy (non-hydrogen) atoms. The minimum atomic E-state index is -1.04. The lowest BCUT2D eigenvalue weighted by Gasteiger charge is -2.02. The zero-order valence-electron chi connectivity index (χ0n) is 5.54. The van der Waals surface area contributed by atoms with Gasteiger partial charge in [0.15, 0.2) is 0 Å². The molecular weight excluding hydrogens is 212 g/mol. The summed E-state index contributed by atoms with van der Waals surface area (Å²) in [5.41, 5.74) is 5.89. The topological polar surface area (TPSA) is 79.1 Å². The van der Waals surface area contributed by atoms with E-state index < -0.39 is 12.0 Å². The third-order valence-electron chi connectivity index (χ3n) is 1.33. The maximum absolute atomic E-state index is 10.4. The van der Waals surface area contributed by atoms with Gasteiger partial charge in [-0.05, 0) is 22.0 Å². The van der Waals surface area contributed by atoms with Gasteiger partial charge in [0.1, 0.15) is 6.04 Å². The summed E-state index contributed by atoms with van der Waals surface area (Å²) in [7, 11) is 0. The van der Waals surface area contributed by atoms with Crippen LogP contribution >= 0.6 is 15.9 Å². The second-order valence-corrected chi connectivity index (χ2v) is 2.86. The fraction of sp³-hybridized carbons (Fsp3) is 0.167. The van der Waals surface area contributed by atoms with Crippen molar-refractivity contribution in [2.24, 2.45) is 5.73 Å². The molecule has 0 aromatic carbocycles. The lowest BCUT2D eigenvalue weighted by Crippen LogP contribution is -2.20. The fourth-order valence-electron chi connectivity index (χ4n) is 0.734. The average Bonchev–Trinajstić information content (AvgIpc) is 2.33. The molecular formula is C6H7BrN2O2. The Balaban J connectivity index is 2.92. The molecule has 0 aliphatic carbocycles. The van der Waals surface area contributed by atoms with Gasteiger partial charge in [-0.3, -0.25) is 4.79 Å². The summed E-state index contributed by atoms with van der Waals surface area (Å²) in [6, 6.07) is 0.665. The molecule has 0 saturated heterocycles. The first-order chi connectivity index (χ1) is 5.13. The van der Waals surface area contributed by atoms with Crippen molar-refractivity contribution in [3.05, 3.63) is 22.4 Å². The molecule has 1 aromatic heterocycles. The normalized spacial score (nSPS) is 12.9. The third-order valence-corrected chi connectivity index (χ3v) is 2.01. The summed E-state index contributed by atoms with van der Waals surface area (Å²) in [4.78, 5) is 13.2. The van der Waals surface area contributed by atoms with Crippen molar-refractivity contribution in [3.63, 3.8) is 0 Å². The van der Waals surface area contributed by atoms with Crippen LogP contribution < -0.4 is 5.73 Å². The monoisotopic (exact) mass is 218 g/mol. The van der Waals surface area contributed by atoms with Crippen LogP contribution in [0.2, 0.25) is 0 Å². The van der Waals surface area contributed by atoms with Crippen LogP contribution in [-0.4, -0.2) is 16.1 Å². The Morgan fingerprint density at radius 1 is 1.82 bits per heavy atom. The molecule has 4 N–H and O–H groups in total. The van der Waals surface area contributed by atoms with Gasteiger partial charge in [-0.1, -0.05) is 0 Å². The van der Waals surface area contributed by atoms with Crippen molar-refractivity contribution in [1.29, 1.82) is 0 Å². The van der Waals surface area contributed by atoms with Crippen LogP contribution in [0.15, 0.2) is 16.9 Å². The molecule has 0 saturated carbocycles. The number of hydrogen-bond donors (Lipinski definition) is 3. The molecule has 1 aromatic rings. The molecule has 1 atom stereocenters. The molecule has 60 valence electrons. The number of hydrogen-bond acceptors (Lipinski definition) is 2. The fourth-order valence-corrected chi connectivity index (χ4v) is 1.25. The number of carbonyl (C=O) groups is 1. The Kier molecular flexibility index (Phi) is 2.31. The van der Waals surface area contributed by atoms with E-state index in [1.165, 1.54) is 0 Å². The van der Waals surface area contributed by atoms with Gasteiger partial charge in [-0.15, -0.1) is 0 Å². The molecule has 0 aliphatic heterocycles. The number of nitrogens with two attached hydrogens (primary N) is 1. The minimum absolute atomic E-state index is 0.553. The lowest BCUT2D eigenvalue weighted by molar-refractivity contribution is -0.138. The van der Waals surface area contributed by atoms with Gasteiger partial charge >= 0.3 is 5.97 Å².